The van der Waals surface area contributed by atoms with Crippen LogP contribution in [0.2, 0.25) is 0 Å². The quantitative estimate of drug-likeness (QED) is 0.476. The Kier molecular flexibility index (Phi) is 6.83. The van der Waals surface area contributed by atoms with Crippen LogP contribution in [0.3, 0.4) is 0 Å². The monoisotopic (exact) mass is 317 g/mol. The third-order valence-corrected chi connectivity index (χ3v) is 5.22. The highest BCUT2D eigenvalue weighted by molar-refractivity contribution is 8.00. The summed E-state index contributed by atoms with van der Waals surface area (Å²) >= 11 is 1.39. The minimum atomic E-state index is -3.36. The van der Waals surface area contributed by atoms with Gasteiger partial charge in [0, 0.05) is 36.3 Å². The molecule has 112 valence electrons. The fourth-order valence-electron chi connectivity index (χ4n) is 1.39. The molecule has 6 nitrogen and oxygen atoms in total. The van der Waals surface area contributed by atoms with Crippen LogP contribution >= 0.6 is 11.8 Å². The van der Waals surface area contributed by atoms with Crippen molar-refractivity contribution in [3.63, 3.8) is 0 Å². The second kappa shape index (κ2) is 8.13. The summed E-state index contributed by atoms with van der Waals surface area (Å²) in [6.45, 7) is 0.111. The summed E-state index contributed by atoms with van der Waals surface area (Å²) in [5, 5.41) is 2.43. The topological polar surface area (TPSA) is 101 Å². The van der Waals surface area contributed by atoms with E-state index in [1.54, 1.807) is 6.07 Å². The molecule has 0 aliphatic carbocycles. The zero-order chi connectivity index (χ0) is 15.0. The number of anilines is 1. The van der Waals surface area contributed by atoms with Crippen molar-refractivity contribution in [3.05, 3.63) is 24.3 Å². The summed E-state index contributed by atoms with van der Waals surface area (Å²) in [5.41, 5.74) is 6.41. The highest BCUT2D eigenvalue weighted by Crippen LogP contribution is 2.24. The normalized spacial score (nSPS) is 11.2. The first-order valence-electron chi connectivity index (χ1n) is 6.10. The maximum Gasteiger partial charge on any atom is 0.221 e. The Morgan fingerprint density at radius 3 is 2.70 bits per heavy atom. The van der Waals surface area contributed by atoms with Gasteiger partial charge in [-0.05, 0) is 12.1 Å². The van der Waals surface area contributed by atoms with Crippen molar-refractivity contribution in [2.24, 2.45) is 0 Å². The number of carbonyl (C=O) groups excluding carboxylic acids is 1. The van der Waals surface area contributed by atoms with E-state index in [2.05, 4.69) is 10.0 Å². The van der Waals surface area contributed by atoms with Gasteiger partial charge in [0.2, 0.25) is 15.9 Å². The molecule has 1 aromatic carbocycles. The van der Waals surface area contributed by atoms with E-state index >= 15 is 0 Å². The number of benzene rings is 1. The fraction of sp³-hybridized carbons (Fsp3) is 0.417. The highest BCUT2D eigenvalue weighted by atomic mass is 32.2. The summed E-state index contributed by atoms with van der Waals surface area (Å²) in [6, 6.07) is 7.31. The molecular weight excluding hydrogens is 298 g/mol. The van der Waals surface area contributed by atoms with Gasteiger partial charge in [-0.1, -0.05) is 12.1 Å². The predicted octanol–water partition coefficient (Wildman–Crippen LogP) is 0.416. The average Bonchev–Trinajstić information content (AvgIpc) is 2.40. The molecule has 0 fully saturated rings. The van der Waals surface area contributed by atoms with Crippen LogP contribution in [0, 0.1) is 0 Å². The molecule has 0 radical (unpaired) electrons. The van der Waals surface area contributed by atoms with Crippen LogP contribution in [0.1, 0.15) is 6.42 Å². The lowest BCUT2D eigenvalue weighted by molar-refractivity contribution is -0.120. The molecule has 0 aromatic heterocycles. The third-order valence-electron chi connectivity index (χ3n) is 2.48. The molecule has 0 spiro atoms. The van der Waals surface area contributed by atoms with Crippen LogP contribution in [0.4, 0.5) is 5.69 Å². The van der Waals surface area contributed by atoms with Gasteiger partial charge in [-0.3, -0.25) is 4.79 Å². The number of amides is 1. The first-order chi connectivity index (χ1) is 9.44. The number of thioether (sulfide) groups is 1. The first-order valence-corrected chi connectivity index (χ1v) is 8.73. The minimum Gasteiger partial charge on any atom is -0.398 e. The lowest BCUT2D eigenvalue weighted by Crippen LogP contribution is -2.31. The first kappa shape index (κ1) is 16.8. The van der Waals surface area contributed by atoms with Gasteiger partial charge < -0.3 is 11.1 Å². The van der Waals surface area contributed by atoms with Crippen molar-refractivity contribution in [2.75, 3.05) is 30.8 Å². The Bertz CT molecular complexity index is 547. The van der Waals surface area contributed by atoms with E-state index in [1.165, 1.54) is 18.8 Å². The molecule has 20 heavy (non-hydrogen) atoms. The molecule has 0 aliphatic heterocycles. The van der Waals surface area contributed by atoms with E-state index in [1.807, 2.05) is 18.2 Å². The Morgan fingerprint density at radius 2 is 2.05 bits per heavy atom. The molecule has 0 saturated heterocycles. The number of rotatable bonds is 8. The van der Waals surface area contributed by atoms with Crippen LogP contribution < -0.4 is 15.8 Å². The van der Waals surface area contributed by atoms with Gasteiger partial charge in [0.25, 0.3) is 0 Å². The molecule has 0 unspecified atom stereocenters. The molecule has 0 saturated carbocycles. The molecule has 0 bridgehead atoms. The number of hydrogen-bond acceptors (Lipinski definition) is 5. The van der Waals surface area contributed by atoms with Gasteiger partial charge in [-0.25, -0.2) is 13.1 Å². The lowest BCUT2D eigenvalue weighted by Gasteiger charge is -2.07. The molecular formula is C12H19N3O3S2. The van der Waals surface area contributed by atoms with Crippen LogP contribution in [0.15, 0.2) is 29.2 Å². The average molecular weight is 317 g/mol. The molecule has 0 aliphatic rings. The van der Waals surface area contributed by atoms with E-state index in [0.29, 0.717) is 11.4 Å². The van der Waals surface area contributed by atoms with Gasteiger partial charge >= 0.3 is 0 Å². The van der Waals surface area contributed by atoms with Gasteiger partial charge in [0.1, 0.15) is 0 Å². The van der Waals surface area contributed by atoms with Crippen LogP contribution in [-0.4, -0.2) is 39.4 Å². The Hall–Kier alpha value is -1.25. The van der Waals surface area contributed by atoms with E-state index < -0.39 is 10.0 Å². The second-order valence-electron chi connectivity index (χ2n) is 4.02. The lowest BCUT2D eigenvalue weighted by atomic mass is 10.3. The van der Waals surface area contributed by atoms with E-state index in [0.717, 1.165) is 4.90 Å². The zero-order valence-corrected chi connectivity index (χ0v) is 12.9. The van der Waals surface area contributed by atoms with Crippen molar-refractivity contribution in [3.8, 4) is 0 Å². The van der Waals surface area contributed by atoms with Crippen LogP contribution in [0.5, 0.6) is 0 Å². The van der Waals surface area contributed by atoms with Gasteiger partial charge in [0.15, 0.2) is 0 Å². The molecule has 1 aromatic rings. The maximum absolute atomic E-state index is 11.7. The summed E-state index contributed by atoms with van der Waals surface area (Å²) in [5.74, 6) is 0.197. The number of nitrogen functional groups attached to an aromatic ring is 1. The molecule has 0 heterocycles. The van der Waals surface area contributed by atoms with Crippen LogP contribution in [-0.2, 0) is 14.8 Å². The summed E-state index contributed by atoms with van der Waals surface area (Å²) in [6.07, 6.45) is 0.133. The zero-order valence-electron chi connectivity index (χ0n) is 11.3. The second-order valence-corrected chi connectivity index (χ2v) is 7.09. The van der Waals surface area contributed by atoms with Gasteiger partial charge in [-0.2, -0.15) is 0 Å². The summed E-state index contributed by atoms with van der Waals surface area (Å²) in [7, 11) is -1.85. The Morgan fingerprint density at radius 1 is 1.35 bits per heavy atom. The molecule has 0 atom stereocenters. The fourth-order valence-corrected chi connectivity index (χ4v) is 3.79. The maximum atomic E-state index is 11.7. The van der Waals surface area contributed by atoms with Gasteiger partial charge in [-0.15, -0.1) is 11.8 Å². The number of nitrogens with two attached hydrogens (primary N) is 1. The van der Waals surface area contributed by atoms with Crippen molar-refractivity contribution in [2.45, 2.75) is 11.3 Å². The van der Waals surface area contributed by atoms with E-state index in [-0.39, 0.29) is 24.6 Å². The number of carbonyl (C=O) groups is 1. The Labute approximate surface area is 123 Å². The van der Waals surface area contributed by atoms with E-state index in [4.69, 9.17) is 5.73 Å². The highest BCUT2D eigenvalue weighted by Gasteiger charge is 2.11. The molecule has 8 heteroatoms. The number of sulfonamides is 1. The summed E-state index contributed by atoms with van der Waals surface area (Å²) in [4.78, 5) is 11.8. The Balaban J connectivity index is 2.33. The minimum absolute atomic E-state index is 0.0141. The number of nitrogens with one attached hydrogen (secondary N) is 2. The predicted molar refractivity (Wildman–Crippen MR) is 82.1 cm³/mol. The van der Waals surface area contributed by atoms with Crippen molar-refractivity contribution >= 4 is 33.4 Å². The van der Waals surface area contributed by atoms with Crippen LogP contribution in [0.25, 0.3) is 0 Å². The number of hydrogen-bond donors (Lipinski definition) is 3. The molecule has 4 N–H and O–H groups in total. The van der Waals surface area contributed by atoms with Gasteiger partial charge in [0.05, 0.1) is 5.75 Å². The smallest absolute Gasteiger partial charge is 0.221 e. The van der Waals surface area contributed by atoms with Crippen molar-refractivity contribution < 1.29 is 13.2 Å². The summed E-state index contributed by atoms with van der Waals surface area (Å²) < 4.78 is 25.8. The number of para-hydroxylation sites is 1. The van der Waals surface area contributed by atoms with Crippen molar-refractivity contribution in [1.29, 1.82) is 0 Å². The molecule has 1 rings (SSSR count). The largest absolute Gasteiger partial charge is 0.398 e. The SMILES string of the molecule is CNC(=O)CCNS(=O)(=O)CCSc1ccccc1N. The standard InChI is InChI=1S/C12H19N3O3S2/c1-14-12(16)6-7-15-20(17,18)9-8-19-11-5-3-2-4-10(11)13/h2-5,15H,6-9,13H2,1H3,(H,14,16). The van der Waals surface area contributed by atoms with Crippen molar-refractivity contribution in [1.82, 2.24) is 10.0 Å². The van der Waals surface area contributed by atoms with E-state index in [9.17, 15) is 13.2 Å². The molecule has 1 amide bonds. The third kappa shape index (κ3) is 6.27.